The van der Waals surface area contributed by atoms with Crippen LogP contribution >= 0.6 is 11.3 Å². The van der Waals surface area contributed by atoms with Gasteiger partial charge in [-0.15, -0.1) is 11.3 Å². The molecule has 162 valence electrons. The normalized spacial score (nSPS) is 13.7. The van der Waals surface area contributed by atoms with Crippen LogP contribution in [0.15, 0.2) is 60.1 Å². The van der Waals surface area contributed by atoms with Crippen LogP contribution in [0.4, 0.5) is 11.4 Å². The first-order valence-corrected chi connectivity index (χ1v) is 11.3. The largest absolute Gasteiger partial charge is 0.494 e. The summed E-state index contributed by atoms with van der Waals surface area (Å²) in [5, 5.41) is 4.89. The molecular formula is C24H22N4O3S. The topological polar surface area (TPSA) is 75.9 Å². The standard InChI is InChI=1S/C24H22N4O3S/c1-31-21-12-17(9-10-20(21)27-11-5-8-23(27)30)25-22(29)13-18-15-32-24-26-19(14-28(18)24)16-6-3-2-4-7-16/h2-4,6-7,9-10,12,14-15H,5,8,11,13H2,1H3,(H,25,29). The highest BCUT2D eigenvalue weighted by Crippen LogP contribution is 2.34. The number of aromatic nitrogens is 2. The summed E-state index contributed by atoms with van der Waals surface area (Å²) in [5.74, 6) is 0.529. The molecule has 1 fully saturated rings. The second-order valence-electron chi connectivity index (χ2n) is 7.63. The van der Waals surface area contributed by atoms with E-state index < -0.39 is 0 Å². The highest BCUT2D eigenvalue weighted by Gasteiger charge is 2.24. The van der Waals surface area contributed by atoms with Gasteiger partial charge in [0.15, 0.2) is 4.96 Å². The number of nitrogens with one attached hydrogen (secondary N) is 1. The summed E-state index contributed by atoms with van der Waals surface area (Å²) in [5.41, 5.74) is 4.17. The van der Waals surface area contributed by atoms with E-state index in [1.807, 2.05) is 52.4 Å². The van der Waals surface area contributed by atoms with Gasteiger partial charge >= 0.3 is 0 Å². The molecule has 32 heavy (non-hydrogen) atoms. The molecule has 8 heteroatoms. The van der Waals surface area contributed by atoms with Gasteiger partial charge in [0, 0.05) is 47.6 Å². The highest BCUT2D eigenvalue weighted by atomic mass is 32.1. The second-order valence-corrected chi connectivity index (χ2v) is 8.47. The van der Waals surface area contributed by atoms with Crippen LogP contribution in [-0.4, -0.2) is 34.9 Å². The van der Waals surface area contributed by atoms with E-state index in [9.17, 15) is 9.59 Å². The summed E-state index contributed by atoms with van der Waals surface area (Å²) >= 11 is 1.51. The maximum Gasteiger partial charge on any atom is 0.230 e. The Bertz CT molecular complexity index is 1300. The number of hydrogen-bond acceptors (Lipinski definition) is 5. The molecule has 1 aliphatic rings. The van der Waals surface area contributed by atoms with Gasteiger partial charge in [0.05, 0.1) is 24.9 Å². The van der Waals surface area contributed by atoms with Crippen molar-refractivity contribution in [3.8, 4) is 17.0 Å². The molecule has 0 aliphatic carbocycles. The van der Waals surface area contributed by atoms with Crippen LogP contribution in [0, 0.1) is 0 Å². The molecule has 7 nitrogen and oxygen atoms in total. The molecule has 3 heterocycles. The van der Waals surface area contributed by atoms with Crippen molar-refractivity contribution >= 4 is 39.5 Å². The van der Waals surface area contributed by atoms with Gasteiger partial charge in [0.2, 0.25) is 11.8 Å². The van der Waals surface area contributed by atoms with Crippen molar-refractivity contribution in [2.45, 2.75) is 19.3 Å². The Kier molecular flexibility index (Phi) is 5.36. The summed E-state index contributed by atoms with van der Waals surface area (Å²) < 4.78 is 7.45. The fraction of sp³-hybridized carbons (Fsp3) is 0.208. The van der Waals surface area contributed by atoms with Gasteiger partial charge in [-0.1, -0.05) is 30.3 Å². The van der Waals surface area contributed by atoms with E-state index >= 15 is 0 Å². The number of carbonyl (C=O) groups excluding carboxylic acids is 2. The summed E-state index contributed by atoms with van der Waals surface area (Å²) in [6.45, 7) is 0.685. The molecule has 0 unspecified atom stereocenters. The van der Waals surface area contributed by atoms with Crippen LogP contribution in [0.2, 0.25) is 0 Å². The van der Waals surface area contributed by atoms with Crippen molar-refractivity contribution in [1.82, 2.24) is 9.38 Å². The minimum Gasteiger partial charge on any atom is -0.494 e. The Morgan fingerprint density at radius 2 is 2.06 bits per heavy atom. The lowest BCUT2D eigenvalue weighted by molar-refractivity contribution is -0.117. The van der Waals surface area contributed by atoms with Gasteiger partial charge in [0.1, 0.15) is 5.75 Å². The van der Waals surface area contributed by atoms with Gasteiger partial charge in [-0.05, 0) is 18.6 Å². The smallest absolute Gasteiger partial charge is 0.230 e. The number of anilines is 2. The van der Waals surface area contributed by atoms with Crippen LogP contribution in [-0.2, 0) is 16.0 Å². The molecule has 0 bridgehead atoms. The lowest BCUT2D eigenvalue weighted by Crippen LogP contribution is -2.24. The number of carbonyl (C=O) groups is 2. The zero-order chi connectivity index (χ0) is 22.1. The average molecular weight is 447 g/mol. The monoisotopic (exact) mass is 446 g/mol. The van der Waals surface area contributed by atoms with Gasteiger partial charge in [-0.25, -0.2) is 4.98 Å². The third-order valence-corrected chi connectivity index (χ3v) is 6.41. The van der Waals surface area contributed by atoms with E-state index in [2.05, 4.69) is 10.3 Å². The van der Waals surface area contributed by atoms with Crippen LogP contribution in [0.1, 0.15) is 18.5 Å². The number of ether oxygens (including phenoxy) is 1. The maximum absolute atomic E-state index is 12.7. The number of benzene rings is 2. The second kappa shape index (κ2) is 8.47. The van der Waals surface area contributed by atoms with Crippen molar-refractivity contribution in [1.29, 1.82) is 0 Å². The molecule has 2 aromatic carbocycles. The van der Waals surface area contributed by atoms with Crippen LogP contribution in [0.25, 0.3) is 16.2 Å². The average Bonchev–Trinajstić information content (AvgIpc) is 3.51. The number of rotatable bonds is 6. The van der Waals surface area contributed by atoms with Crippen LogP contribution in [0.5, 0.6) is 5.75 Å². The number of nitrogens with zero attached hydrogens (tertiary/aromatic N) is 3. The van der Waals surface area contributed by atoms with Gasteiger partial charge in [0.25, 0.3) is 0 Å². The molecule has 1 N–H and O–H groups in total. The van der Waals surface area contributed by atoms with Crippen molar-refractivity contribution < 1.29 is 14.3 Å². The fourth-order valence-corrected chi connectivity index (χ4v) is 4.83. The molecule has 2 aromatic heterocycles. The van der Waals surface area contributed by atoms with E-state index in [1.165, 1.54) is 11.3 Å². The molecule has 0 atom stereocenters. The molecular weight excluding hydrogens is 424 g/mol. The number of amides is 2. The summed E-state index contributed by atoms with van der Waals surface area (Å²) in [6.07, 6.45) is 3.58. The maximum atomic E-state index is 12.7. The van der Waals surface area contributed by atoms with Crippen molar-refractivity contribution in [3.63, 3.8) is 0 Å². The first kappa shape index (κ1) is 20.3. The Morgan fingerprint density at radius 1 is 1.22 bits per heavy atom. The summed E-state index contributed by atoms with van der Waals surface area (Å²) in [7, 11) is 1.57. The predicted molar refractivity (Wildman–Crippen MR) is 125 cm³/mol. The quantitative estimate of drug-likeness (QED) is 0.477. The lowest BCUT2D eigenvalue weighted by Gasteiger charge is -2.19. The predicted octanol–water partition coefficient (Wildman–Crippen LogP) is 4.38. The molecule has 0 spiro atoms. The van der Waals surface area contributed by atoms with Crippen LogP contribution in [0.3, 0.4) is 0 Å². The third kappa shape index (κ3) is 3.85. The minimum absolute atomic E-state index is 0.0942. The Hall–Kier alpha value is -3.65. The minimum atomic E-state index is -0.133. The fourth-order valence-electron chi connectivity index (χ4n) is 3.96. The van der Waals surface area contributed by atoms with E-state index in [1.54, 1.807) is 24.1 Å². The number of thiazole rings is 1. The molecule has 0 radical (unpaired) electrons. The van der Waals surface area contributed by atoms with Crippen LogP contribution < -0.4 is 15.0 Å². The third-order valence-electron chi connectivity index (χ3n) is 5.52. The van der Waals surface area contributed by atoms with Gasteiger partial charge in [-0.2, -0.15) is 0 Å². The van der Waals surface area contributed by atoms with Crippen molar-refractivity contribution in [3.05, 3.63) is 65.8 Å². The first-order chi connectivity index (χ1) is 15.6. The van der Waals surface area contributed by atoms with Gasteiger partial charge < -0.3 is 15.0 Å². The molecule has 0 saturated carbocycles. The van der Waals surface area contributed by atoms with E-state index in [-0.39, 0.29) is 18.2 Å². The number of hydrogen-bond donors (Lipinski definition) is 1. The first-order valence-electron chi connectivity index (χ1n) is 10.4. The lowest BCUT2D eigenvalue weighted by atomic mass is 10.2. The molecule has 1 aliphatic heterocycles. The van der Waals surface area contributed by atoms with E-state index in [4.69, 9.17) is 4.74 Å². The van der Waals surface area contributed by atoms with Gasteiger partial charge in [-0.3, -0.25) is 14.0 Å². The molecule has 5 rings (SSSR count). The molecule has 2 amide bonds. The summed E-state index contributed by atoms with van der Waals surface area (Å²) in [6, 6.07) is 15.4. The Labute approximate surface area is 189 Å². The van der Waals surface area contributed by atoms with E-state index in [0.717, 1.165) is 34.0 Å². The summed E-state index contributed by atoms with van der Waals surface area (Å²) in [4.78, 5) is 32.1. The molecule has 4 aromatic rings. The molecule has 1 saturated heterocycles. The SMILES string of the molecule is COc1cc(NC(=O)Cc2csc3nc(-c4ccccc4)cn23)ccc1N1CCCC1=O. The van der Waals surface area contributed by atoms with Crippen molar-refractivity contribution in [2.24, 2.45) is 0 Å². The number of fused-ring (bicyclic) bond motifs is 1. The highest BCUT2D eigenvalue weighted by molar-refractivity contribution is 7.15. The number of methoxy groups -OCH3 is 1. The van der Waals surface area contributed by atoms with E-state index in [0.29, 0.717) is 24.4 Å². The van der Waals surface area contributed by atoms with Crippen molar-refractivity contribution in [2.75, 3.05) is 23.9 Å². The zero-order valence-corrected chi connectivity index (χ0v) is 18.4. The Morgan fingerprint density at radius 3 is 2.81 bits per heavy atom. The zero-order valence-electron chi connectivity index (χ0n) is 17.6. The Balaban J connectivity index is 1.32. The number of imidazole rings is 1.